The molecule has 4 aromatic carbocycles. The lowest BCUT2D eigenvalue weighted by molar-refractivity contribution is -0.139. The molecule has 0 bridgehead atoms. The van der Waals surface area contributed by atoms with E-state index in [4.69, 9.17) is 9.47 Å². The van der Waals surface area contributed by atoms with E-state index >= 15 is 0 Å². The molecule has 7 nitrogen and oxygen atoms in total. The molecule has 0 saturated heterocycles. The van der Waals surface area contributed by atoms with Gasteiger partial charge in [-0.2, -0.15) is 0 Å². The number of fused-ring (bicyclic) bond motifs is 1. The molecule has 222 valence electrons. The molecule has 1 heterocycles. The highest BCUT2D eigenvalue weighted by Crippen LogP contribution is 2.31. The van der Waals surface area contributed by atoms with E-state index in [1.54, 1.807) is 19.1 Å². The fourth-order valence-electron chi connectivity index (χ4n) is 5.73. The van der Waals surface area contributed by atoms with Gasteiger partial charge in [-0.25, -0.2) is 0 Å². The Morgan fingerprint density at radius 2 is 1.47 bits per heavy atom. The summed E-state index contributed by atoms with van der Waals surface area (Å²) in [4.78, 5) is 32.5. The van der Waals surface area contributed by atoms with Crippen molar-refractivity contribution in [2.75, 3.05) is 37.5 Å². The Kier molecular flexibility index (Phi) is 9.30. The predicted octanol–water partition coefficient (Wildman–Crippen LogP) is 6.48. The molecule has 1 aliphatic heterocycles. The van der Waals surface area contributed by atoms with Crippen molar-refractivity contribution in [2.24, 2.45) is 0 Å². The van der Waals surface area contributed by atoms with Crippen LogP contribution in [0.2, 0.25) is 0 Å². The van der Waals surface area contributed by atoms with E-state index in [2.05, 4.69) is 28.4 Å². The maximum Gasteiger partial charge on any atom is 0.251 e. The number of amides is 2. The van der Waals surface area contributed by atoms with Gasteiger partial charge in [0.1, 0.15) is 17.5 Å². The van der Waals surface area contributed by atoms with E-state index in [1.165, 1.54) is 11.3 Å². The Labute approximate surface area is 254 Å². The first kappa shape index (κ1) is 29.7. The van der Waals surface area contributed by atoms with E-state index in [0.29, 0.717) is 17.9 Å². The Hall–Kier alpha value is -4.78. The Morgan fingerprint density at radius 1 is 0.837 bits per heavy atom. The lowest BCUT2D eigenvalue weighted by Crippen LogP contribution is -2.42. The van der Waals surface area contributed by atoms with Gasteiger partial charge < -0.3 is 24.6 Å². The second-order valence-corrected chi connectivity index (χ2v) is 10.9. The molecule has 1 aliphatic rings. The number of ether oxygens (including phenoxy) is 2. The number of anilines is 2. The summed E-state index contributed by atoms with van der Waals surface area (Å²) in [5, 5.41) is 3.16. The summed E-state index contributed by atoms with van der Waals surface area (Å²) in [6.45, 7) is 5.65. The number of carbonyl (C=O) groups excluding carboxylic acids is 2. The number of rotatable bonds is 11. The molecule has 0 spiro atoms. The molecule has 0 radical (unpaired) electrons. The molecule has 2 amide bonds. The molecule has 1 unspecified atom stereocenters. The Morgan fingerprint density at radius 3 is 2.12 bits per heavy atom. The number of aryl methyl sites for hydroxylation is 2. The molecule has 0 aromatic heterocycles. The van der Waals surface area contributed by atoms with Crippen LogP contribution in [-0.2, 0) is 22.6 Å². The first-order valence-corrected chi connectivity index (χ1v) is 14.6. The van der Waals surface area contributed by atoms with Crippen molar-refractivity contribution in [1.82, 2.24) is 4.90 Å². The van der Waals surface area contributed by atoms with Gasteiger partial charge in [0.15, 0.2) is 0 Å². The number of hydrogen-bond acceptors (Lipinski definition) is 5. The zero-order valence-electron chi connectivity index (χ0n) is 25.3. The maximum absolute atomic E-state index is 14.3. The minimum Gasteiger partial charge on any atom is -0.497 e. The van der Waals surface area contributed by atoms with Crippen molar-refractivity contribution in [3.05, 3.63) is 119 Å². The maximum atomic E-state index is 14.3. The van der Waals surface area contributed by atoms with E-state index in [9.17, 15) is 9.59 Å². The summed E-state index contributed by atoms with van der Waals surface area (Å²) in [7, 11) is 3.23. The second-order valence-electron chi connectivity index (χ2n) is 10.9. The number of nitrogens with one attached hydrogen (secondary N) is 1. The summed E-state index contributed by atoms with van der Waals surface area (Å²) < 4.78 is 10.7. The van der Waals surface area contributed by atoms with Gasteiger partial charge >= 0.3 is 0 Å². The summed E-state index contributed by atoms with van der Waals surface area (Å²) in [6, 6.07) is 28.4. The number of para-hydroxylation sites is 2. The second kappa shape index (κ2) is 13.5. The number of hydrogen-bond donors (Lipinski definition) is 1. The molecule has 0 aliphatic carbocycles. The number of carbonyl (C=O) groups is 2. The fraction of sp³-hybridized carbons (Fsp3) is 0.278. The van der Waals surface area contributed by atoms with E-state index in [1.807, 2.05) is 86.6 Å². The average Bonchev–Trinajstić information content (AvgIpc) is 3.45. The standard InChI is InChI=1S/C36H39N3O4/c1-25-8-7-9-26(2)34(25)37-36(41)35(29-14-18-31(43-4)19-15-29)39(24-27-12-16-30(42-3)17-13-27)33(40)21-23-38-22-20-28-10-5-6-11-32(28)38/h5-19,35H,20-24H2,1-4H3,(H,37,41). The molecule has 1 atom stereocenters. The number of nitrogens with zero attached hydrogens (tertiary/aromatic N) is 2. The molecular formula is C36H39N3O4. The predicted molar refractivity (Wildman–Crippen MR) is 171 cm³/mol. The van der Waals surface area contributed by atoms with Crippen molar-refractivity contribution in [3.63, 3.8) is 0 Å². The van der Waals surface area contributed by atoms with Crippen molar-refractivity contribution < 1.29 is 19.1 Å². The minimum atomic E-state index is -0.870. The van der Waals surface area contributed by atoms with Gasteiger partial charge in [-0.1, -0.05) is 60.7 Å². The number of methoxy groups -OCH3 is 2. The van der Waals surface area contributed by atoms with Gasteiger partial charge in [-0.05, 0) is 78.4 Å². The molecule has 5 rings (SSSR count). The van der Waals surface area contributed by atoms with Crippen molar-refractivity contribution >= 4 is 23.2 Å². The van der Waals surface area contributed by atoms with Crippen LogP contribution in [0.1, 0.15) is 40.3 Å². The van der Waals surface area contributed by atoms with Crippen molar-refractivity contribution in [3.8, 4) is 11.5 Å². The summed E-state index contributed by atoms with van der Waals surface area (Å²) in [6.07, 6.45) is 1.24. The first-order chi connectivity index (χ1) is 20.9. The smallest absolute Gasteiger partial charge is 0.251 e. The molecule has 43 heavy (non-hydrogen) atoms. The normalized spacial score (nSPS) is 12.8. The van der Waals surface area contributed by atoms with Crippen LogP contribution >= 0.6 is 0 Å². The minimum absolute atomic E-state index is 0.0994. The van der Waals surface area contributed by atoms with Crippen LogP contribution < -0.4 is 19.7 Å². The van der Waals surface area contributed by atoms with Gasteiger partial charge in [0.25, 0.3) is 5.91 Å². The average molecular weight is 578 g/mol. The van der Waals surface area contributed by atoms with Crippen LogP contribution in [0.3, 0.4) is 0 Å². The van der Waals surface area contributed by atoms with Gasteiger partial charge in [0.05, 0.1) is 14.2 Å². The highest BCUT2D eigenvalue weighted by Gasteiger charge is 2.33. The molecular weight excluding hydrogens is 538 g/mol. The Balaban J connectivity index is 1.49. The SMILES string of the molecule is COc1ccc(CN(C(=O)CCN2CCc3ccccc32)C(C(=O)Nc2c(C)cccc2C)c2ccc(OC)cc2)cc1. The van der Waals surface area contributed by atoms with Gasteiger partial charge in [0.2, 0.25) is 5.91 Å². The lowest BCUT2D eigenvalue weighted by atomic mass is 10.0. The number of benzene rings is 4. The third-order valence-corrected chi connectivity index (χ3v) is 8.13. The van der Waals surface area contributed by atoms with E-state index in [0.717, 1.165) is 41.1 Å². The van der Waals surface area contributed by atoms with Crippen LogP contribution in [0.25, 0.3) is 0 Å². The van der Waals surface area contributed by atoms with Crippen molar-refractivity contribution in [2.45, 2.75) is 39.3 Å². The summed E-state index contributed by atoms with van der Waals surface area (Å²) in [5.41, 5.74) is 6.77. The van der Waals surface area contributed by atoms with Gasteiger partial charge in [-0.3, -0.25) is 9.59 Å². The van der Waals surface area contributed by atoms with Crippen molar-refractivity contribution in [1.29, 1.82) is 0 Å². The first-order valence-electron chi connectivity index (χ1n) is 14.6. The van der Waals surface area contributed by atoms with Crippen LogP contribution in [0.4, 0.5) is 11.4 Å². The fourth-order valence-corrected chi connectivity index (χ4v) is 5.73. The molecule has 1 N–H and O–H groups in total. The molecule has 7 heteroatoms. The topological polar surface area (TPSA) is 71.1 Å². The quantitative estimate of drug-likeness (QED) is 0.221. The highest BCUT2D eigenvalue weighted by molar-refractivity contribution is 5.99. The zero-order chi connectivity index (χ0) is 30.3. The van der Waals surface area contributed by atoms with E-state index < -0.39 is 6.04 Å². The van der Waals surface area contributed by atoms with Gasteiger partial charge in [-0.15, -0.1) is 0 Å². The molecule has 4 aromatic rings. The summed E-state index contributed by atoms with van der Waals surface area (Å²) >= 11 is 0. The van der Waals surface area contributed by atoms with E-state index in [-0.39, 0.29) is 24.8 Å². The molecule has 0 fully saturated rings. The molecule has 0 saturated carbocycles. The zero-order valence-corrected chi connectivity index (χ0v) is 25.3. The largest absolute Gasteiger partial charge is 0.497 e. The van der Waals surface area contributed by atoms with Crippen LogP contribution in [-0.4, -0.2) is 44.0 Å². The lowest BCUT2D eigenvalue weighted by Gasteiger charge is -2.33. The highest BCUT2D eigenvalue weighted by atomic mass is 16.5. The Bertz CT molecular complexity index is 1550. The van der Waals surface area contributed by atoms with Crippen LogP contribution in [0.5, 0.6) is 11.5 Å². The third kappa shape index (κ3) is 6.83. The van der Waals surface area contributed by atoms with Crippen LogP contribution in [0.15, 0.2) is 91.0 Å². The van der Waals surface area contributed by atoms with Gasteiger partial charge in [0, 0.05) is 37.4 Å². The monoisotopic (exact) mass is 577 g/mol. The summed E-state index contributed by atoms with van der Waals surface area (Å²) in [5.74, 6) is 1.04. The van der Waals surface area contributed by atoms with Crippen LogP contribution in [0, 0.1) is 13.8 Å². The third-order valence-electron chi connectivity index (χ3n) is 8.13.